The molecule has 128 valence electrons. The Hall–Kier alpha value is -1.47. The molecule has 0 radical (unpaired) electrons. The van der Waals surface area contributed by atoms with Gasteiger partial charge in [-0.2, -0.15) is 0 Å². The molecule has 0 aromatic carbocycles. The molecule has 0 spiro atoms. The number of likely N-dealkylation sites (N-methyl/N-ethyl adjacent to an activating group) is 1. The number of aromatic nitrogens is 2. The van der Waals surface area contributed by atoms with Crippen molar-refractivity contribution in [3.8, 4) is 0 Å². The van der Waals surface area contributed by atoms with E-state index < -0.39 is 0 Å². The SMILES string of the molecule is CO[C@@H]1C[C@H]2CN(C(=O)Cc3nonc3C)C[C@H]2C[C@H]1N(C)C. The summed E-state index contributed by atoms with van der Waals surface area (Å²) in [6, 6.07) is 0.429. The van der Waals surface area contributed by atoms with Crippen molar-refractivity contribution in [2.75, 3.05) is 34.3 Å². The molecule has 4 atom stereocenters. The van der Waals surface area contributed by atoms with Crippen molar-refractivity contribution in [1.29, 1.82) is 0 Å². The van der Waals surface area contributed by atoms with Crippen LogP contribution in [0.5, 0.6) is 0 Å². The van der Waals surface area contributed by atoms with Gasteiger partial charge in [-0.25, -0.2) is 4.63 Å². The largest absolute Gasteiger partial charge is 0.380 e. The number of carbonyl (C=O) groups excluding carboxylic acids is 1. The first kappa shape index (κ1) is 16.4. The Bertz CT molecular complexity index is 559. The number of carbonyl (C=O) groups is 1. The summed E-state index contributed by atoms with van der Waals surface area (Å²) in [5.74, 6) is 1.22. The number of hydrogen-bond acceptors (Lipinski definition) is 6. The lowest BCUT2D eigenvalue weighted by Crippen LogP contribution is -2.47. The van der Waals surface area contributed by atoms with Gasteiger partial charge in [0.05, 0.1) is 12.5 Å². The molecule has 2 fully saturated rings. The Labute approximate surface area is 136 Å². The molecule has 0 unspecified atom stereocenters. The highest BCUT2D eigenvalue weighted by atomic mass is 16.6. The molecular weight excluding hydrogens is 296 g/mol. The number of rotatable bonds is 4. The predicted octanol–water partition coefficient (Wildman–Crippen LogP) is 0.734. The fourth-order valence-corrected chi connectivity index (χ4v) is 4.06. The average molecular weight is 322 g/mol. The second-order valence-electron chi connectivity index (χ2n) is 7.07. The maximum absolute atomic E-state index is 12.5. The molecule has 1 aliphatic heterocycles. The third-order valence-electron chi connectivity index (χ3n) is 5.47. The lowest BCUT2D eigenvalue weighted by Gasteiger charge is -2.40. The highest BCUT2D eigenvalue weighted by Gasteiger charge is 2.44. The molecule has 7 nitrogen and oxygen atoms in total. The summed E-state index contributed by atoms with van der Waals surface area (Å²) in [7, 11) is 6.00. The van der Waals surface area contributed by atoms with Gasteiger partial charge in [-0.15, -0.1) is 0 Å². The van der Waals surface area contributed by atoms with Gasteiger partial charge in [0.1, 0.15) is 11.4 Å². The van der Waals surface area contributed by atoms with Crippen LogP contribution in [0, 0.1) is 18.8 Å². The Morgan fingerprint density at radius 2 is 2.00 bits per heavy atom. The summed E-state index contributed by atoms with van der Waals surface area (Å²) in [5.41, 5.74) is 1.34. The molecule has 0 bridgehead atoms. The fraction of sp³-hybridized carbons (Fsp3) is 0.812. The number of methoxy groups -OCH3 is 1. The van der Waals surface area contributed by atoms with Crippen molar-refractivity contribution in [2.24, 2.45) is 11.8 Å². The summed E-state index contributed by atoms with van der Waals surface area (Å²) in [6.07, 6.45) is 2.64. The number of hydrogen-bond donors (Lipinski definition) is 0. The third-order valence-corrected chi connectivity index (χ3v) is 5.47. The molecule has 1 aliphatic carbocycles. The summed E-state index contributed by atoms with van der Waals surface area (Å²) in [5, 5.41) is 7.56. The van der Waals surface area contributed by atoms with E-state index in [1.54, 1.807) is 7.11 Å². The van der Waals surface area contributed by atoms with Gasteiger partial charge >= 0.3 is 0 Å². The van der Waals surface area contributed by atoms with Crippen molar-refractivity contribution in [2.45, 2.75) is 38.3 Å². The van der Waals surface area contributed by atoms with Crippen molar-refractivity contribution < 1.29 is 14.2 Å². The first-order valence-corrected chi connectivity index (χ1v) is 8.24. The first-order valence-electron chi connectivity index (χ1n) is 8.24. The van der Waals surface area contributed by atoms with Crippen LogP contribution in [0.1, 0.15) is 24.2 Å². The summed E-state index contributed by atoms with van der Waals surface area (Å²) in [6.45, 7) is 3.48. The zero-order valence-corrected chi connectivity index (χ0v) is 14.4. The van der Waals surface area contributed by atoms with Gasteiger partial charge < -0.3 is 14.5 Å². The van der Waals surface area contributed by atoms with Crippen LogP contribution in [0.15, 0.2) is 4.63 Å². The number of aryl methyl sites for hydroxylation is 1. The molecule has 3 rings (SSSR count). The van der Waals surface area contributed by atoms with E-state index >= 15 is 0 Å². The van der Waals surface area contributed by atoms with Gasteiger partial charge in [-0.05, 0) is 45.7 Å². The number of fused-ring (bicyclic) bond motifs is 1. The lowest BCUT2D eigenvalue weighted by atomic mass is 9.77. The summed E-state index contributed by atoms with van der Waals surface area (Å²) >= 11 is 0. The Balaban J connectivity index is 1.63. The number of amides is 1. The van der Waals surface area contributed by atoms with Crippen LogP contribution in [-0.2, 0) is 16.0 Å². The third kappa shape index (κ3) is 3.26. The highest BCUT2D eigenvalue weighted by molar-refractivity contribution is 5.78. The molecule has 1 saturated carbocycles. The topological polar surface area (TPSA) is 71.7 Å². The standard InChI is InChI=1S/C16H26N4O3/c1-10-13(18-23-17-10)7-16(21)20-8-11-5-14(19(2)3)15(22-4)6-12(11)9-20/h11-12,14-15H,5-9H2,1-4H3/t11-,12+,14-,15-/m1/s1. The smallest absolute Gasteiger partial charge is 0.228 e. The second kappa shape index (κ2) is 6.57. The molecule has 2 heterocycles. The van der Waals surface area contributed by atoms with Gasteiger partial charge in [-0.1, -0.05) is 10.3 Å². The van der Waals surface area contributed by atoms with Crippen molar-refractivity contribution in [3.05, 3.63) is 11.4 Å². The van der Waals surface area contributed by atoms with Gasteiger partial charge in [0, 0.05) is 26.2 Å². The molecule has 0 N–H and O–H groups in total. The molecular formula is C16H26N4O3. The van der Waals surface area contributed by atoms with Gasteiger partial charge in [-0.3, -0.25) is 4.79 Å². The molecule has 23 heavy (non-hydrogen) atoms. The maximum Gasteiger partial charge on any atom is 0.228 e. The monoisotopic (exact) mass is 322 g/mol. The second-order valence-corrected chi connectivity index (χ2v) is 7.07. The van der Waals surface area contributed by atoms with E-state index in [0.29, 0.717) is 29.3 Å². The number of likely N-dealkylation sites (tertiary alicyclic amines) is 1. The van der Waals surface area contributed by atoms with Crippen molar-refractivity contribution in [3.63, 3.8) is 0 Å². The Morgan fingerprint density at radius 3 is 2.57 bits per heavy atom. The minimum absolute atomic E-state index is 0.119. The van der Waals surface area contributed by atoms with Crippen LogP contribution < -0.4 is 0 Å². The van der Waals surface area contributed by atoms with E-state index in [9.17, 15) is 4.79 Å². The zero-order chi connectivity index (χ0) is 16.6. The van der Waals surface area contributed by atoms with Crippen LogP contribution in [0.3, 0.4) is 0 Å². The predicted molar refractivity (Wildman–Crippen MR) is 83.8 cm³/mol. The maximum atomic E-state index is 12.5. The van der Waals surface area contributed by atoms with E-state index in [2.05, 4.69) is 33.9 Å². The van der Waals surface area contributed by atoms with E-state index in [4.69, 9.17) is 4.74 Å². The van der Waals surface area contributed by atoms with Crippen LogP contribution in [0.2, 0.25) is 0 Å². The molecule has 7 heteroatoms. The first-order chi connectivity index (χ1) is 11.0. The van der Waals surface area contributed by atoms with Crippen LogP contribution in [-0.4, -0.2) is 72.5 Å². The Morgan fingerprint density at radius 1 is 1.30 bits per heavy atom. The molecule has 1 saturated heterocycles. The minimum atomic E-state index is 0.119. The molecule has 2 aliphatic rings. The van der Waals surface area contributed by atoms with E-state index in [1.165, 1.54) is 0 Å². The van der Waals surface area contributed by atoms with E-state index in [0.717, 1.165) is 25.9 Å². The molecule has 1 amide bonds. The molecule has 1 aromatic rings. The zero-order valence-electron chi connectivity index (χ0n) is 14.4. The van der Waals surface area contributed by atoms with Gasteiger partial charge in [0.25, 0.3) is 0 Å². The average Bonchev–Trinajstić information content (AvgIpc) is 3.11. The fourth-order valence-electron chi connectivity index (χ4n) is 4.06. The van der Waals surface area contributed by atoms with Gasteiger partial charge in [0.2, 0.25) is 5.91 Å². The normalized spacial score (nSPS) is 30.7. The lowest BCUT2D eigenvalue weighted by molar-refractivity contribution is -0.129. The van der Waals surface area contributed by atoms with E-state index in [1.807, 2.05) is 11.8 Å². The van der Waals surface area contributed by atoms with Crippen LogP contribution >= 0.6 is 0 Å². The van der Waals surface area contributed by atoms with E-state index in [-0.39, 0.29) is 18.4 Å². The quantitative estimate of drug-likeness (QED) is 0.814. The van der Waals surface area contributed by atoms with Gasteiger partial charge in [0.15, 0.2) is 0 Å². The van der Waals surface area contributed by atoms with Crippen molar-refractivity contribution >= 4 is 5.91 Å². The van der Waals surface area contributed by atoms with Crippen LogP contribution in [0.25, 0.3) is 0 Å². The minimum Gasteiger partial charge on any atom is -0.380 e. The summed E-state index contributed by atoms with van der Waals surface area (Å²) < 4.78 is 10.4. The number of ether oxygens (including phenoxy) is 1. The Kier molecular flexibility index (Phi) is 4.68. The highest BCUT2D eigenvalue weighted by Crippen LogP contribution is 2.38. The molecule has 1 aromatic heterocycles. The number of nitrogens with zero attached hydrogens (tertiary/aromatic N) is 4. The van der Waals surface area contributed by atoms with Crippen molar-refractivity contribution in [1.82, 2.24) is 20.1 Å². The summed E-state index contributed by atoms with van der Waals surface area (Å²) in [4.78, 5) is 16.8. The van der Waals surface area contributed by atoms with Crippen LogP contribution in [0.4, 0.5) is 0 Å².